The van der Waals surface area contributed by atoms with E-state index in [9.17, 15) is 4.79 Å². The van der Waals surface area contributed by atoms with Crippen LogP contribution in [0, 0.1) is 0 Å². The van der Waals surface area contributed by atoms with Crippen molar-refractivity contribution in [2.24, 2.45) is 0 Å². The molecule has 6 nitrogen and oxygen atoms in total. The van der Waals surface area contributed by atoms with E-state index in [4.69, 9.17) is 16.7 Å². The maximum absolute atomic E-state index is 10.4. The number of aromatic nitrogens is 4. The van der Waals surface area contributed by atoms with Crippen LogP contribution in [0.1, 0.15) is 17.7 Å². The molecule has 0 fully saturated rings. The van der Waals surface area contributed by atoms with Gasteiger partial charge in [0.05, 0.1) is 23.7 Å². The number of carbonyl (C=O) groups is 1. The number of rotatable bonds is 5. The standard InChI is InChI=1S/C11H11ClN4O2/c12-10-5-13-4-3-8(10)6-16-7-9(14-15-16)1-2-11(17)18/h3-5,7H,1-2,6H2,(H,17,18). The van der Waals surface area contributed by atoms with Crippen LogP contribution in [0.15, 0.2) is 24.7 Å². The molecule has 0 unspecified atom stereocenters. The summed E-state index contributed by atoms with van der Waals surface area (Å²) < 4.78 is 1.62. The maximum atomic E-state index is 10.4. The fourth-order valence-corrected chi connectivity index (χ4v) is 1.65. The van der Waals surface area contributed by atoms with Gasteiger partial charge in [-0.3, -0.25) is 9.78 Å². The third kappa shape index (κ3) is 3.27. The molecule has 2 heterocycles. The van der Waals surface area contributed by atoms with E-state index in [0.717, 1.165) is 5.56 Å². The fraction of sp³-hybridized carbons (Fsp3) is 0.273. The Labute approximate surface area is 108 Å². The van der Waals surface area contributed by atoms with E-state index in [1.807, 2.05) is 0 Å². The first-order valence-corrected chi connectivity index (χ1v) is 5.72. The number of halogens is 1. The van der Waals surface area contributed by atoms with Gasteiger partial charge in [0.25, 0.3) is 0 Å². The van der Waals surface area contributed by atoms with Gasteiger partial charge in [0.15, 0.2) is 0 Å². The number of hydrogen-bond acceptors (Lipinski definition) is 4. The Kier molecular flexibility index (Phi) is 3.88. The summed E-state index contributed by atoms with van der Waals surface area (Å²) in [6.45, 7) is 0.488. The van der Waals surface area contributed by atoms with E-state index in [0.29, 0.717) is 23.7 Å². The molecule has 0 saturated carbocycles. The predicted octanol–water partition coefficient (Wildman–Crippen LogP) is 1.39. The summed E-state index contributed by atoms with van der Waals surface area (Å²) in [4.78, 5) is 14.3. The van der Waals surface area contributed by atoms with Gasteiger partial charge in [0.1, 0.15) is 0 Å². The molecule has 18 heavy (non-hydrogen) atoms. The number of carboxylic acid groups (broad SMARTS) is 1. The molecule has 0 radical (unpaired) electrons. The Bertz CT molecular complexity index is 555. The molecule has 0 atom stereocenters. The first-order chi connectivity index (χ1) is 8.65. The van der Waals surface area contributed by atoms with E-state index in [1.165, 1.54) is 0 Å². The Morgan fingerprint density at radius 2 is 2.33 bits per heavy atom. The average Bonchev–Trinajstić information content (AvgIpc) is 2.77. The van der Waals surface area contributed by atoms with Gasteiger partial charge in [-0.25, -0.2) is 4.68 Å². The summed E-state index contributed by atoms with van der Waals surface area (Å²) in [6, 6.07) is 1.81. The van der Waals surface area contributed by atoms with Crippen molar-refractivity contribution in [3.8, 4) is 0 Å². The smallest absolute Gasteiger partial charge is 0.303 e. The summed E-state index contributed by atoms with van der Waals surface area (Å²) in [6.07, 6.45) is 5.37. The molecule has 94 valence electrons. The first-order valence-electron chi connectivity index (χ1n) is 5.34. The van der Waals surface area contributed by atoms with Gasteiger partial charge in [0.2, 0.25) is 0 Å². The molecule has 2 rings (SSSR count). The van der Waals surface area contributed by atoms with Crippen molar-refractivity contribution < 1.29 is 9.90 Å². The Balaban J connectivity index is 2.02. The SMILES string of the molecule is O=C(O)CCc1cn(Cc2ccncc2Cl)nn1. The Morgan fingerprint density at radius 1 is 1.50 bits per heavy atom. The molecule has 2 aromatic rings. The number of pyridine rings is 1. The van der Waals surface area contributed by atoms with Crippen molar-refractivity contribution >= 4 is 17.6 Å². The molecule has 0 bridgehead atoms. The molecule has 0 aliphatic carbocycles. The molecule has 0 saturated heterocycles. The number of carboxylic acids is 1. The predicted molar refractivity (Wildman–Crippen MR) is 64.3 cm³/mol. The molecule has 0 aliphatic heterocycles. The molecule has 0 aliphatic rings. The number of aryl methyl sites for hydroxylation is 1. The summed E-state index contributed by atoms with van der Waals surface area (Å²) in [5.74, 6) is -0.846. The molecular weight excluding hydrogens is 256 g/mol. The largest absolute Gasteiger partial charge is 0.481 e. The van der Waals surface area contributed by atoms with Crippen LogP contribution in [0.3, 0.4) is 0 Å². The van der Waals surface area contributed by atoms with E-state index in [2.05, 4.69) is 15.3 Å². The van der Waals surface area contributed by atoms with Gasteiger partial charge in [0, 0.05) is 25.0 Å². The van der Waals surface area contributed by atoms with Crippen molar-refractivity contribution in [1.82, 2.24) is 20.0 Å². The van der Waals surface area contributed by atoms with Crippen molar-refractivity contribution in [3.05, 3.63) is 40.9 Å². The first kappa shape index (κ1) is 12.5. The molecule has 0 aromatic carbocycles. The fourth-order valence-electron chi connectivity index (χ4n) is 1.47. The van der Waals surface area contributed by atoms with Gasteiger partial charge in [-0.1, -0.05) is 16.8 Å². The van der Waals surface area contributed by atoms with Gasteiger partial charge in [-0.15, -0.1) is 5.10 Å². The molecule has 7 heteroatoms. The van der Waals surface area contributed by atoms with Crippen LogP contribution in [0.25, 0.3) is 0 Å². The van der Waals surface area contributed by atoms with Crippen LogP contribution in [-0.4, -0.2) is 31.1 Å². The highest BCUT2D eigenvalue weighted by Crippen LogP contribution is 2.14. The zero-order chi connectivity index (χ0) is 13.0. The second-order valence-corrected chi connectivity index (χ2v) is 4.18. The summed E-state index contributed by atoms with van der Waals surface area (Å²) in [5, 5.41) is 17.0. The number of nitrogens with zero attached hydrogens (tertiary/aromatic N) is 4. The lowest BCUT2D eigenvalue weighted by Gasteiger charge is -2.02. The minimum atomic E-state index is -0.846. The van der Waals surface area contributed by atoms with Crippen LogP contribution < -0.4 is 0 Å². The van der Waals surface area contributed by atoms with Crippen LogP contribution in [-0.2, 0) is 17.8 Å². The van der Waals surface area contributed by atoms with Crippen LogP contribution in [0.2, 0.25) is 5.02 Å². The third-order valence-electron chi connectivity index (χ3n) is 2.37. The van der Waals surface area contributed by atoms with Crippen molar-refractivity contribution in [3.63, 3.8) is 0 Å². The zero-order valence-electron chi connectivity index (χ0n) is 9.45. The van der Waals surface area contributed by atoms with Crippen LogP contribution >= 0.6 is 11.6 Å². The summed E-state index contributed by atoms with van der Waals surface area (Å²) in [5.41, 5.74) is 1.55. The van der Waals surface area contributed by atoms with E-state index in [1.54, 1.807) is 29.3 Å². The molecular formula is C11H11ClN4O2. The second kappa shape index (κ2) is 5.59. The van der Waals surface area contributed by atoms with E-state index < -0.39 is 5.97 Å². The maximum Gasteiger partial charge on any atom is 0.303 e. The summed E-state index contributed by atoms with van der Waals surface area (Å²) in [7, 11) is 0. The minimum Gasteiger partial charge on any atom is -0.481 e. The molecule has 1 N–H and O–H groups in total. The van der Waals surface area contributed by atoms with Gasteiger partial charge >= 0.3 is 5.97 Å². The van der Waals surface area contributed by atoms with E-state index in [-0.39, 0.29) is 6.42 Å². The quantitative estimate of drug-likeness (QED) is 0.884. The lowest BCUT2D eigenvalue weighted by Crippen LogP contribution is -2.01. The highest BCUT2D eigenvalue weighted by Gasteiger charge is 2.06. The third-order valence-corrected chi connectivity index (χ3v) is 2.71. The lowest BCUT2D eigenvalue weighted by molar-refractivity contribution is -0.136. The normalized spacial score (nSPS) is 10.5. The zero-order valence-corrected chi connectivity index (χ0v) is 10.2. The van der Waals surface area contributed by atoms with Crippen molar-refractivity contribution in [1.29, 1.82) is 0 Å². The number of hydrogen-bond donors (Lipinski definition) is 1. The van der Waals surface area contributed by atoms with Crippen LogP contribution in [0.4, 0.5) is 0 Å². The van der Waals surface area contributed by atoms with Gasteiger partial charge in [-0.05, 0) is 11.6 Å². The Hall–Kier alpha value is -1.95. The highest BCUT2D eigenvalue weighted by molar-refractivity contribution is 6.31. The highest BCUT2D eigenvalue weighted by atomic mass is 35.5. The average molecular weight is 267 g/mol. The number of aliphatic carboxylic acids is 1. The topological polar surface area (TPSA) is 80.9 Å². The monoisotopic (exact) mass is 266 g/mol. The van der Waals surface area contributed by atoms with Gasteiger partial charge < -0.3 is 5.11 Å². The summed E-state index contributed by atoms with van der Waals surface area (Å²) >= 11 is 5.98. The van der Waals surface area contributed by atoms with Gasteiger partial charge in [-0.2, -0.15) is 0 Å². The van der Waals surface area contributed by atoms with Crippen molar-refractivity contribution in [2.75, 3.05) is 0 Å². The van der Waals surface area contributed by atoms with Crippen LogP contribution in [0.5, 0.6) is 0 Å². The molecule has 0 spiro atoms. The van der Waals surface area contributed by atoms with E-state index >= 15 is 0 Å². The second-order valence-electron chi connectivity index (χ2n) is 3.77. The van der Waals surface area contributed by atoms with Crippen molar-refractivity contribution in [2.45, 2.75) is 19.4 Å². The lowest BCUT2D eigenvalue weighted by atomic mass is 10.2. The molecule has 2 aromatic heterocycles. The Morgan fingerprint density at radius 3 is 3.06 bits per heavy atom. The molecule has 0 amide bonds. The minimum absolute atomic E-state index is 0.0503.